The molecule has 2 rings (SSSR count). The number of benzene rings is 1. The molecule has 6 nitrogen and oxygen atoms in total. The summed E-state index contributed by atoms with van der Waals surface area (Å²) in [4.78, 5) is 14.0. The largest absolute Gasteiger partial charge is 0.491 e. The first-order valence-electron chi connectivity index (χ1n) is 8.25. The van der Waals surface area contributed by atoms with Crippen molar-refractivity contribution in [2.24, 2.45) is 11.8 Å². The number of carbonyl (C=O) groups is 1. The topological polar surface area (TPSA) is 76.8 Å². The Morgan fingerprint density at radius 2 is 2.22 bits per heavy atom. The van der Waals surface area contributed by atoms with Gasteiger partial charge in [-0.2, -0.15) is 0 Å². The number of nitrogens with two attached hydrogens (primary N) is 1. The normalized spacial score (nSPS) is 18.6. The Balaban J connectivity index is 1.92. The van der Waals surface area contributed by atoms with Gasteiger partial charge in [-0.15, -0.1) is 0 Å². The SMILES string of the molecule is CCOCCOc1ccccc1CN1CCCC(C(=O)NN)C1. The highest BCUT2D eigenvalue weighted by Crippen LogP contribution is 2.23. The highest BCUT2D eigenvalue weighted by Gasteiger charge is 2.25. The molecule has 1 saturated heterocycles. The zero-order valence-electron chi connectivity index (χ0n) is 13.8. The number of piperidine rings is 1. The van der Waals surface area contributed by atoms with Gasteiger partial charge in [0, 0.05) is 25.3 Å². The second kappa shape index (κ2) is 9.50. The molecule has 6 heteroatoms. The van der Waals surface area contributed by atoms with E-state index in [-0.39, 0.29) is 11.8 Å². The van der Waals surface area contributed by atoms with Crippen molar-refractivity contribution in [3.8, 4) is 5.75 Å². The first-order chi connectivity index (χ1) is 11.2. The lowest BCUT2D eigenvalue weighted by molar-refractivity contribution is -0.126. The third kappa shape index (κ3) is 5.49. The van der Waals surface area contributed by atoms with Crippen LogP contribution in [0.25, 0.3) is 0 Å². The number of nitrogens with one attached hydrogen (secondary N) is 1. The molecule has 128 valence electrons. The summed E-state index contributed by atoms with van der Waals surface area (Å²) in [7, 11) is 0. The summed E-state index contributed by atoms with van der Waals surface area (Å²) in [6.45, 7) is 6.30. The summed E-state index contributed by atoms with van der Waals surface area (Å²) >= 11 is 0. The van der Waals surface area contributed by atoms with E-state index in [2.05, 4.69) is 16.4 Å². The van der Waals surface area contributed by atoms with Crippen LogP contribution in [-0.4, -0.2) is 43.7 Å². The van der Waals surface area contributed by atoms with Gasteiger partial charge in [-0.3, -0.25) is 15.1 Å². The van der Waals surface area contributed by atoms with Crippen molar-refractivity contribution < 1.29 is 14.3 Å². The van der Waals surface area contributed by atoms with E-state index in [4.69, 9.17) is 15.3 Å². The maximum atomic E-state index is 11.7. The van der Waals surface area contributed by atoms with Crippen LogP contribution in [0.4, 0.5) is 0 Å². The molecule has 23 heavy (non-hydrogen) atoms. The summed E-state index contributed by atoms with van der Waals surface area (Å²) in [6.07, 6.45) is 1.90. The number of rotatable bonds is 8. The number of amides is 1. The lowest BCUT2D eigenvalue weighted by atomic mass is 9.97. The van der Waals surface area contributed by atoms with Crippen LogP contribution in [0.3, 0.4) is 0 Å². The minimum Gasteiger partial charge on any atom is -0.491 e. The van der Waals surface area contributed by atoms with Gasteiger partial charge in [0.15, 0.2) is 0 Å². The first kappa shape index (κ1) is 17.7. The molecule has 1 aromatic rings. The van der Waals surface area contributed by atoms with Gasteiger partial charge in [0.1, 0.15) is 12.4 Å². The molecule has 1 aromatic carbocycles. The second-order valence-corrected chi connectivity index (χ2v) is 5.74. The summed E-state index contributed by atoms with van der Waals surface area (Å²) < 4.78 is 11.1. The van der Waals surface area contributed by atoms with Crippen molar-refractivity contribution in [3.05, 3.63) is 29.8 Å². The molecule has 1 aliphatic rings. The summed E-state index contributed by atoms with van der Waals surface area (Å²) in [5, 5.41) is 0. The Bertz CT molecular complexity index is 496. The Labute approximate surface area is 137 Å². The number of ether oxygens (including phenoxy) is 2. The van der Waals surface area contributed by atoms with Crippen LogP contribution in [0.15, 0.2) is 24.3 Å². The van der Waals surface area contributed by atoms with Crippen molar-refractivity contribution in [1.82, 2.24) is 10.3 Å². The van der Waals surface area contributed by atoms with Crippen LogP contribution in [0.1, 0.15) is 25.3 Å². The third-order valence-corrected chi connectivity index (χ3v) is 4.07. The molecule has 1 atom stereocenters. The summed E-state index contributed by atoms with van der Waals surface area (Å²) in [6, 6.07) is 8.04. The summed E-state index contributed by atoms with van der Waals surface area (Å²) in [5.74, 6) is 6.04. The van der Waals surface area contributed by atoms with E-state index >= 15 is 0 Å². The highest BCUT2D eigenvalue weighted by molar-refractivity contribution is 5.78. The number of hydrogen-bond acceptors (Lipinski definition) is 5. The van der Waals surface area contributed by atoms with Gasteiger partial charge in [0.05, 0.1) is 12.5 Å². The minimum atomic E-state index is -0.0732. The van der Waals surface area contributed by atoms with Gasteiger partial charge >= 0.3 is 0 Å². The standard InChI is InChI=1S/C17H27N3O3/c1-2-22-10-11-23-16-8-4-3-6-14(16)12-20-9-5-7-15(13-20)17(21)19-18/h3-4,6,8,15H,2,5,7,9-13,18H2,1H3,(H,19,21). The van der Waals surface area contributed by atoms with Gasteiger partial charge < -0.3 is 9.47 Å². The van der Waals surface area contributed by atoms with E-state index in [1.165, 1.54) is 0 Å². The van der Waals surface area contributed by atoms with Crippen molar-refractivity contribution in [2.75, 3.05) is 32.9 Å². The average molecular weight is 321 g/mol. The molecular formula is C17H27N3O3. The molecule has 0 bridgehead atoms. The van der Waals surface area contributed by atoms with Crippen LogP contribution in [0.5, 0.6) is 5.75 Å². The Hall–Kier alpha value is -1.63. The Kier molecular flexibility index (Phi) is 7.32. The van der Waals surface area contributed by atoms with Crippen molar-refractivity contribution in [3.63, 3.8) is 0 Å². The Morgan fingerprint density at radius 1 is 1.39 bits per heavy atom. The van der Waals surface area contributed by atoms with E-state index in [0.29, 0.717) is 19.8 Å². The first-order valence-corrected chi connectivity index (χ1v) is 8.25. The van der Waals surface area contributed by atoms with E-state index in [1.54, 1.807) is 0 Å². The van der Waals surface area contributed by atoms with Gasteiger partial charge in [-0.25, -0.2) is 5.84 Å². The van der Waals surface area contributed by atoms with Crippen molar-refractivity contribution in [1.29, 1.82) is 0 Å². The molecule has 1 unspecified atom stereocenters. The molecule has 3 N–H and O–H groups in total. The summed E-state index contributed by atoms with van der Waals surface area (Å²) in [5.41, 5.74) is 3.40. The quantitative estimate of drug-likeness (QED) is 0.327. The maximum Gasteiger partial charge on any atom is 0.238 e. The number of carbonyl (C=O) groups excluding carboxylic acids is 1. The minimum absolute atomic E-state index is 0.0280. The lowest BCUT2D eigenvalue weighted by Gasteiger charge is -2.32. The number of para-hydroxylation sites is 1. The predicted molar refractivity (Wildman–Crippen MR) is 88.8 cm³/mol. The highest BCUT2D eigenvalue weighted by atomic mass is 16.5. The average Bonchev–Trinajstić information content (AvgIpc) is 2.59. The molecule has 1 aliphatic heterocycles. The van der Waals surface area contributed by atoms with Gasteiger partial charge in [-0.1, -0.05) is 18.2 Å². The van der Waals surface area contributed by atoms with Crippen LogP contribution in [0.2, 0.25) is 0 Å². The van der Waals surface area contributed by atoms with Crippen molar-refractivity contribution >= 4 is 5.91 Å². The molecule has 0 spiro atoms. The van der Waals surface area contributed by atoms with Crippen LogP contribution >= 0.6 is 0 Å². The van der Waals surface area contributed by atoms with E-state index in [9.17, 15) is 4.79 Å². The molecular weight excluding hydrogens is 294 g/mol. The van der Waals surface area contributed by atoms with E-state index in [1.807, 2.05) is 25.1 Å². The zero-order valence-corrected chi connectivity index (χ0v) is 13.8. The number of likely N-dealkylation sites (tertiary alicyclic amines) is 1. The predicted octanol–water partition coefficient (Wildman–Crippen LogP) is 1.30. The fourth-order valence-electron chi connectivity index (χ4n) is 2.90. The van der Waals surface area contributed by atoms with Crippen LogP contribution < -0.4 is 16.0 Å². The van der Waals surface area contributed by atoms with Gasteiger partial charge in [-0.05, 0) is 32.4 Å². The van der Waals surface area contributed by atoms with Crippen LogP contribution in [-0.2, 0) is 16.1 Å². The van der Waals surface area contributed by atoms with Gasteiger partial charge in [0.2, 0.25) is 5.91 Å². The number of hydrogen-bond donors (Lipinski definition) is 2. The molecule has 0 radical (unpaired) electrons. The fraction of sp³-hybridized carbons (Fsp3) is 0.588. The molecule has 1 heterocycles. The Morgan fingerprint density at radius 3 is 3.00 bits per heavy atom. The second-order valence-electron chi connectivity index (χ2n) is 5.74. The van der Waals surface area contributed by atoms with E-state index < -0.39 is 0 Å². The molecule has 1 amide bonds. The van der Waals surface area contributed by atoms with E-state index in [0.717, 1.165) is 43.8 Å². The number of nitrogens with zero attached hydrogens (tertiary/aromatic N) is 1. The molecule has 0 aromatic heterocycles. The molecule has 0 saturated carbocycles. The van der Waals surface area contributed by atoms with Crippen LogP contribution in [0, 0.1) is 5.92 Å². The number of hydrazine groups is 1. The third-order valence-electron chi connectivity index (χ3n) is 4.07. The van der Waals surface area contributed by atoms with Gasteiger partial charge in [0.25, 0.3) is 0 Å². The smallest absolute Gasteiger partial charge is 0.238 e. The fourth-order valence-corrected chi connectivity index (χ4v) is 2.90. The maximum absolute atomic E-state index is 11.7. The molecule has 1 fully saturated rings. The monoisotopic (exact) mass is 321 g/mol. The lowest BCUT2D eigenvalue weighted by Crippen LogP contribution is -2.44. The zero-order chi connectivity index (χ0) is 16.5. The van der Waals surface area contributed by atoms with Crippen molar-refractivity contribution in [2.45, 2.75) is 26.3 Å². The molecule has 0 aliphatic carbocycles.